The molecule has 4 aromatic rings. The molecular formula is C25H21F2N3O5. The van der Waals surface area contributed by atoms with Gasteiger partial charge in [0.2, 0.25) is 5.89 Å². The fourth-order valence-electron chi connectivity index (χ4n) is 3.26. The van der Waals surface area contributed by atoms with Crippen LogP contribution in [0, 0.1) is 18.6 Å². The standard InChI is InChI=1S/C25H21F2N3O5/c1-14-21(12-28-23(31)19-9-5-16(26)11-20(19)27)30-25(34-14)15-3-6-17(7-4-15)29-24(32)22-10-8-18(35-22)13-33-2/h3-11H,12-13H2,1-2H3,(H,28,31)(H,29,32). The lowest BCUT2D eigenvalue weighted by Gasteiger charge is -2.05. The Balaban J connectivity index is 1.39. The van der Waals surface area contributed by atoms with E-state index in [0.29, 0.717) is 40.4 Å². The van der Waals surface area contributed by atoms with Gasteiger partial charge in [-0.2, -0.15) is 0 Å². The van der Waals surface area contributed by atoms with E-state index in [2.05, 4.69) is 15.6 Å². The number of carbonyl (C=O) groups is 2. The molecule has 0 saturated carbocycles. The number of aromatic nitrogens is 1. The Hall–Kier alpha value is -4.31. The number of nitrogens with one attached hydrogen (secondary N) is 2. The average Bonchev–Trinajstić information content (AvgIpc) is 3.45. The van der Waals surface area contributed by atoms with Crippen molar-refractivity contribution in [3.8, 4) is 11.5 Å². The number of rotatable bonds is 8. The van der Waals surface area contributed by atoms with Crippen molar-refractivity contribution in [1.82, 2.24) is 10.3 Å². The van der Waals surface area contributed by atoms with Crippen molar-refractivity contribution < 1.29 is 31.9 Å². The van der Waals surface area contributed by atoms with Gasteiger partial charge in [-0.25, -0.2) is 13.8 Å². The fourth-order valence-corrected chi connectivity index (χ4v) is 3.26. The van der Waals surface area contributed by atoms with Gasteiger partial charge >= 0.3 is 0 Å². The monoisotopic (exact) mass is 481 g/mol. The van der Waals surface area contributed by atoms with Crippen molar-refractivity contribution in [3.63, 3.8) is 0 Å². The number of anilines is 1. The smallest absolute Gasteiger partial charge is 0.291 e. The third-order valence-electron chi connectivity index (χ3n) is 5.05. The Labute approximate surface area is 198 Å². The van der Waals surface area contributed by atoms with E-state index in [-0.39, 0.29) is 24.5 Å². The highest BCUT2D eigenvalue weighted by Crippen LogP contribution is 2.24. The molecule has 0 fully saturated rings. The summed E-state index contributed by atoms with van der Waals surface area (Å²) in [7, 11) is 1.54. The molecule has 8 nitrogen and oxygen atoms in total. The number of oxazole rings is 1. The second-order valence-electron chi connectivity index (χ2n) is 7.56. The molecule has 0 spiro atoms. The van der Waals surface area contributed by atoms with Crippen molar-refractivity contribution in [1.29, 1.82) is 0 Å². The van der Waals surface area contributed by atoms with Crippen molar-refractivity contribution >= 4 is 17.5 Å². The van der Waals surface area contributed by atoms with Gasteiger partial charge in [0.05, 0.1) is 12.1 Å². The van der Waals surface area contributed by atoms with Gasteiger partial charge < -0.3 is 24.2 Å². The van der Waals surface area contributed by atoms with Gasteiger partial charge in [-0.3, -0.25) is 9.59 Å². The number of methoxy groups -OCH3 is 1. The first-order valence-corrected chi connectivity index (χ1v) is 10.5. The van der Waals surface area contributed by atoms with Crippen LogP contribution in [0.3, 0.4) is 0 Å². The Morgan fingerprint density at radius 2 is 1.77 bits per heavy atom. The molecule has 0 aliphatic rings. The summed E-state index contributed by atoms with van der Waals surface area (Å²) in [5.41, 5.74) is 1.38. The predicted molar refractivity (Wildman–Crippen MR) is 122 cm³/mol. The number of aryl methyl sites for hydroxylation is 1. The molecule has 0 radical (unpaired) electrons. The van der Waals surface area contributed by atoms with Gasteiger partial charge in [0, 0.05) is 24.4 Å². The van der Waals surface area contributed by atoms with Crippen LogP contribution in [0.15, 0.2) is 63.4 Å². The Bertz CT molecular complexity index is 1360. The number of nitrogens with zero attached hydrogens (tertiary/aromatic N) is 1. The van der Waals surface area contributed by atoms with Crippen LogP contribution in [0.1, 0.15) is 38.1 Å². The number of halogens is 2. The second-order valence-corrected chi connectivity index (χ2v) is 7.56. The van der Waals surface area contributed by atoms with Crippen LogP contribution in [-0.2, 0) is 17.9 Å². The molecule has 35 heavy (non-hydrogen) atoms. The van der Waals surface area contributed by atoms with E-state index in [1.807, 2.05) is 0 Å². The Morgan fingerprint density at radius 3 is 2.49 bits per heavy atom. The van der Waals surface area contributed by atoms with Crippen LogP contribution in [0.4, 0.5) is 14.5 Å². The van der Waals surface area contributed by atoms with E-state index in [9.17, 15) is 18.4 Å². The van der Waals surface area contributed by atoms with Crippen LogP contribution in [0.5, 0.6) is 0 Å². The van der Waals surface area contributed by atoms with Gasteiger partial charge in [-0.1, -0.05) is 0 Å². The summed E-state index contributed by atoms with van der Waals surface area (Å²) in [6.07, 6.45) is 0. The molecule has 0 bridgehead atoms. The zero-order valence-electron chi connectivity index (χ0n) is 18.9. The molecule has 2 heterocycles. The van der Waals surface area contributed by atoms with E-state index >= 15 is 0 Å². The third kappa shape index (κ3) is 5.61. The topological polar surface area (TPSA) is 107 Å². The molecule has 0 atom stereocenters. The van der Waals surface area contributed by atoms with E-state index < -0.39 is 23.4 Å². The zero-order valence-corrected chi connectivity index (χ0v) is 18.9. The maximum Gasteiger partial charge on any atom is 0.291 e. The molecule has 0 saturated heterocycles. The minimum absolute atomic E-state index is 0.00662. The van der Waals surface area contributed by atoms with E-state index in [1.165, 1.54) is 7.11 Å². The lowest BCUT2D eigenvalue weighted by molar-refractivity contribution is 0.0945. The fraction of sp³-hybridized carbons (Fsp3) is 0.160. The first-order chi connectivity index (χ1) is 16.8. The first kappa shape index (κ1) is 23.8. The number of amides is 2. The predicted octanol–water partition coefficient (Wildman–Crippen LogP) is 4.85. The lowest BCUT2D eigenvalue weighted by Crippen LogP contribution is -2.24. The number of carbonyl (C=O) groups excluding carboxylic acids is 2. The second kappa shape index (κ2) is 10.3. The van der Waals surface area contributed by atoms with Gasteiger partial charge in [-0.05, 0) is 55.5 Å². The highest BCUT2D eigenvalue weighted by molar-refractivity contribution is 6.02. The summed E-state index contributed by atoms with van der Waals surface area (Å²) in [5.74, 6) is -1.32. The summed E-state index contributed by atoms with van der Waals surface area (Å²) in [6, 6.07) is 12.8. The molecule has 0 aliphatic heterocycles. The van der Waals surface area contributed by atoms with Crippen molar-refractivity contribution in [2.75, 3.05) is 12.4 Å². The van der Waals surface area contributed by atoms with Crippen LogP contribution in [0.25, 0.3) is 11.5 Å². The Kier molecular flexibility index (Phi) is 7.02. The minimum Gasteiger partial charge on any atom is -0.453 e. The molecule has 10 heteroatoms. The van der Waals surface area contributed by atoms with Gasteiger partial charge in [0.1, 0.15) is 35.5 Å². The van der Waals surface area contributed by atoms with Gasteiger partial charge in [-0.15, -0.1) is 0 Å². The lowest BCUT2D eigenvalue weighted by atomic mass is 10.2. The summed E-state index contributed by atoms with van der Waals surface area (Å²) in [4.78, 5) is 29.0. The third-order valence-corrected chi connectivity index (χ3v) is 5.05. The molecule has 4 rings (SSSR count). The number of furan rings is 1. The van der Waals surface area contributed by atoms with Gasteiger partial charge in [0.25, 0.3) is 11.8 Å². The summed E-state index contributed by atoms with van der Waals surface area (Å²) >= 11 is 0. The number of benzene rings is 2. The largest absolute Gasteiger partial charge is 0.453 e. The quantitative estimate of drug-likeness (QED) is 0.373. The molecule has 2 aromatic heterocycles. The molecule has 2 N–H and O–H groups in total. The highest BCUT2D eigenvalue weighted by atomic mass is 19.1. The maximum atomic E-state index is 13.8. The maximum absolute atomic E-state index is 13.8. The molecule has 180 valence electrons. The molecule has 0 aliphatic carbocycles. The molecule has 2 aromatic carbocycles. The van der Waals surface area contributed by atoms with Crippen molar-refractivity contribution in [2.45, 2.75) is 20.1 Å². The number of hydrogen-bond acceptors (Lipinski definition) is 6. The van der Waals surface area contributed by atoms with E-state index in [4.69, 9.17) is 13.6 Å². The van der Waals surface area contributed by atoms with E-state index in [1.54, 1.807) is 43.3 Å². The number of ether oxygens (including phenoxy) is 1. The Morgan fingerprint density at radius 1 is 1.00 bits per heavy atom. The summed E-state index contributed by atoms with van der Waals surface area (Å²) in [5, 5.41) is 5.29. The number of hydrogen-bond donors (Lipinski definition) is 2. The summed E-state index contributed by atoms with van der Waals surface area (Å²) in [6.45, 7) is 1.95. The highest BCUT2D eigenvalue weighted by Gasteiger charge is 2.16. The van der Waals surface area contributed by atoms with Crippen molar-refractivity contribution in [2.24, 2.45) is 0 Å². The first-order valence-electron chi connectivity index (χ1n) is 10.5. The normalized spacial score (nSPS) is 10.9. The van der Waals surface area contributed by atoms with E-state index in [0.717, 1.165) is 12.1 Å². The van der Waals surface area contributed by atoms with Crippen molar-refractivity contribution in [3.05, 3.63) is 94.8 Å². The SMILES string of the molecule is COCc1ccc(C(=O)Nc2ccc(-c3nc(CNC(=O)c4ccc(F)cc4F)c(C)o3)cc2)o1. The zero-order chi connectivity index (χ0) is 24.9. The molecule has 0 unspecified atom stereocenters. The average molecular weight is 481 g/mol. The minimum atomic E-state index is -0.949. The van der Waals surface area contributed by atoms with Crippen LogP contribution < -0.4 is 10.6 Å². The van der Waals surface area contributed by atoms with Gasteiger partial charge in [0.15, 0.2) is 5.76 Å². The molecule has 2 amide bonds. The van der Waals surface area contributed by atoms with Crippen LogP contribution >= 0.6 is 0 Å². The van der Waals surface area contributed by atoms with Crippen LogP contribution in [-0.4, -0.2) is 23.9 Å². The van der Waals surface area contributed by atoms with Crippen LogP contribution in [0.2, 0.25) is 0 Å². The summed E-state index contributed by atoms with van der Waals surface area (Å²) < 4.78 is 42.9. The molecular weight excluding hydrogens is 460 g/mol.